The maximum absolute atomic E-state index is 2.21. The first-order chi connectivity index (χ1) is 6.74. The van der Waals surface area contributed by atoms with Crippen LogP contribution in [0.25, 0.3) is 0 Å². The molecule has 0 saturated heterocycles. The molecule has 0 aliphatic rings. The van der Waals surface area contributed by atoms with Gasteiger partial charge in [-0.05, 0) is 0 Å². The third kappa shape index (κ3) is 58.1. The Bertz CT molecular complexity index is 36.0. The highest BCUT2D eigenvalue weighted by Crippen LogP contribution is 1.88. The summed E-state index contributed by atoms with van der Waals surface area (Å²) in [5, 5.41) is 0. The molecule has 14 heavy (non-hydrogen) atoms. The second-order valence-electron chi connectivity index (χ2n) is 3.71. The van der Waals surface area contributed by atoms with Gasteiger partial charge in [-0.1, -0.05) is 92.9 Å². The Morgan fingerprint density at radius 3 is 0.571 bits per heavy atom. The van der Waals surface area contributed by atoms with Gasteiger partial charge >= 0.3 is 0 Å². The summed E-state index contributed by atoms with van der Waals surface area (Å²) in [6, 6.07) is 0. The summed E-state index contributed by atoms with van der Waals surface area (Å²) in [7, 11) is 0. The summed E-state index contributed by atoms with van der Waals surface area (Å²) < 4.78 is 0. The third-order valence-electron chi connectivity index (χ3n) is 1.91. The molecule has 0 nitrogen and oxygen atoms in total. The lowest BCUT2D eigenvalue weighted by atomic mass is 10.3. The molecule has 0 unspecified atom stereocenters. The highest BCUT2D eigenvalue weighted by molar-refractivity contribution is 4.24. The Balaban J connectivity index is -0.000000131. The molecular formula is C14H34. The molecular weight excluding hydrogens is 168 g/mol. The van der Waals surface area contributed by atoms with Crippen LogP contribution in [0, 0.1) is 0 Å². The van der Waals surface area contributed by atoms with Crippen molar-refractivity contribution in [1.29, 1.82) is 0 Å². The van der Waals surface area contributed by atoms with Gasteiger partial charge in [0.1, 0.15) is 0 Å². The van der Waals surface area contributed by atoms with Crippen LogP contribution in [-0.2, 0) is 0 Å². The van der Waals surface area contributed by atoms with E-state index < -0.39 is 0 Å². The fourth-order valence-electron chi connectivity index (χ4n) is 0.707. The van der Waals surface area contributed by atoms with Crippen molar-refractivity contribution in [1.82, 2.24) is 0 Å². The molecule has 0 N–H and O–H groups in total. The Kier molecular flexibility index (Phi) is 40.9. The quantitative estimate of drug-likeness (QED) is 0.498. The summed E-state index contributed by atoms with van der Waals surface area (Å²) >= 11 is 0. The van der Waals surface area contributed by atoms with Gasteiger partial charge in [-0.3, -0.25) is 0 Å². The zero-order chi connectivity index (χ0) is 11.7. The normalized spacial score (nSPS) is 8.14. The molecule has 0 radical (unpaired) electrons. The van der Waals surface area contributed by atoms with E-state index in [0.29, 0.717) is 0 Å². The fraction of sp³-hybridized carbons (Fsp3) is 1.00. The predicted molar refractivity (Wildman–Crippen MR) is 71.0 cm³/mol. The van der Waals surface area contributed by atoms with Crippen molar-refractivity contribution in [2.75, 3.05) is 0 Å². The first-order valence-corrected chi connectivity index (χ1v) is 6.74. The smallest absolute Gasteiger partial charge is 0.0538 e. The van der Waals surface area contributed by atoms with Crippen molar-refractivity contribution in [3.05, 3.63) is 0 Å². The molecule has 0 amide bonds. The minimum Gasteiger partial charge on any atom is -0.0654 e. The molecule has 0 heterocycles. The van der Waals surface area contributed by atoms with Gasteiger partial charge in [0.25, 0.3) is 0 Å². The van der Waals surface area contributed by atoms with Crippen LogP contribution in [0.2, 0.25) is 0 Å². The van der Waals surface area contributed by atoms with E-state index in [1.165, 1.54) is 51.4 Å². The van der Waals surface area contributed by atoms with E-state index in [9.17, 15) is 0 Å². The summed E-state index contributed by atoms with van der Waals surface area (Å²) in [5.41, 5.74) is 0. The molecule has 0 aromatic rings. The fourth-order valence-corrected chi connectivity index (χ4v) is 0.707. The van der Waals surface area contributed by atoms with Crippen LogP contribution in [0.4, 0.5) is 0 Å². The molecule has 0 rings (SSSR count). The number of rotatable bonds is 5. The minimum atomic E-state index is 1.32. The molecule has 0 saturated carbocycles. The van der Waals surface area contributed by atoms with E-state index in [1.807, 2.05) is 0 Å². The van der Waals surface area contributed by atoms with E-state index in [4.69, 9.17) is 0 Å². The summed E-state index contributed by atoms with van der Waals surface area (Å²) in [4.78, 5) is 0. The Morgan fingerprint density at radius 2 is 0.571 bits per heavy atom. The Morgan fingerprint density at radius 1 is 0.357 bits per heavy atom. The minimum absolute atomic E-state index is 1.32. The lowest BCUT2D eigenvalue weighted by Crippen LogP contribution is -1.59. The molecule has 0 bridgehead atoms. The van der Waals surface area contributed by atoms with Gasteiger partial charge in [0, 0.05) is 0 Å². The average Bonchev–Trinajstić information content (AvgIpc) is 2.22. The average molecular weight is 202 g/mol. The molecule has 0 atom stereocenters. The zero-order valence-corrected chi connectivity index (χ0v) is 11.7. The van der Waals surface area contributed by atoms with Gasteiger partial charge in [-0.15, -0.1) is 0 Å². The first kappa shape index (κ1) is 19.6. The highest BCUT2D eigenvalue weighted by Gasteiger charge is 1.68. The van der Waals surface area contributed by atoms with Gasteiger partial charge in [0.05, 0.1) is 0 Å². The standard InChI is InChI=1S/2C5H12.C4H10/c2*1-3-5-4-2;1-3-4-2/h2*3-5H2,1-2H3;3-4H2,1-2H3. The van der Waals surface area contributed by atoms with Gasteiger partial charge in [0.2, 0.25) is 0 Å². The van der Waals surface area contributed by atoms with Crippen molar-refractivity contribution in [2.45, 2.75) is 92.9 Å². The molecule has 90 valence electrons. The SMILES string of the molecule is CCCC.CCCCC.CCCCC. The van der Waals surface area contributed by atoms with E-state index >= 15 is 0 Å². The maximum Gasteiger partial charge on any atom is -0.0538 e. The molecule has 0 aromatic carbocycles. The largest absolute Gasteiger partial charge is 0.0654 e. The first-order valence-electron chi connectivity index (χ1n) is 6.74. The van der Waals surface area contributed by atoms with Crippen LogP contribution in [0.1, 0.15) is 92.9 Å². The predicted octanol–water partition coefficient (Wildman–Crippen LogP) is 6.20. The van der Waals surface area contributed by atoms with E-state index in [1.54, 1.807) is 0 Å². The Labute approximate surface area is 93.5 Å². The molecule has 0 spiro atoms. The topological polar surface area (TPSA) is 0 Å². The van der Waals surface area contributed by atoms with Gasteiger partial charge in [-0.2, -0.15) is 0 Å². The van der Waals surface area contributed by atoms with E-state index in [2.05, 4.69) is 41.5 Å². The van der Waals surface area contributed by atoms with Crippen LogP contribution in [0.5, 0.6) is 0 Å². The van der Waals surface area contributed by atoms with Crippen molar-refractivity contribution < 1.29 is 0 Å². The van der Waals surface area contributed by atoms with Crippen LogP contribution in [0.3, 0.4) is 0 Å². The second-order valence-corrected chi connectivity index (χ2v) is 3.71. The molecule has 0 heteroatoms. The monoisotopic (exact) mass is 202 g/mol. The van der Waals surface area contributed by atoms with Crippen LogP contribution >= 0.6 is 0 Å². The second kappa shape index (κ2) is 29.2. The lowest BCUT2D eigenvalue weighted by Gasteiger charge is -1.79. The molecule has 0 fully saturated rings. The summed E-state index contributed by atoms with van der Waals surface area (Å²) in [5.74, 6) is 0. The summed E-state index contributed by atoms with van der Waals surface area (Å²) in [6.45, 7) is 13.2. The van der Waals surface area contributed by atoms with Crippen molar-refractivity contribution in [3.8, 4) is 0 Å². The van der Waals surface area contributed by atoms with Crippen molar-refractivity contribution >= 4 is 0 Å². The van der Waals surface area contributed by atoms with Crippen LogP contribution < -0.4 is 0 Å². The maximum atomic E-state index is 2.21. The van der Waals surface area contributed by atoms with Crippen molar-refractivity contribution in [2.24, 2.45) is 0 Å². The molecule has 0 aliphatic carbocycles. The third-order valence-corrected chi connectivity index (χ3v) is 1.91. The van der Waals surface area contributed by atoms with Crippen molar-refractivity contribution in [3.63, 3.8) is 0 Å². The zero-order valence-electron chi connectivity index (χ0n) is 11.7. The number of hydrogen-bond acceptors (Lipinski definition) is 0. The Hall–Kier alpha value is 0. The summed E-state index contributed by atoms with van der Waals surface area (Å²) in [6.07, 6.45) is 10.8. The van der Waals surface area contributed by atoms with E-state index in [0.717, 1.165) is 0 Å². The molecule has 0 aromatic heterocycles. The van der Waals surface area contributed by atoms with Crippen LogP contribution in [-0.4, -0.2) is 0 Å². The van der Waals surface area contributed by atoms with Crippen LogP contribution in [0.15, 0.2) is 0 Å². The van der Waals surface area contributed by atoms with Gasteiger partial charge < -0.3 is 0 Å². The van der Waals surface area contributed by atoms with Gasteiger partial charge in [0.15, 0.2) is 0 Å². The number of hydrogen-bond donors (Lipinski definition) is 0. The van der Waals surface area contributed by atoms with Gasteiger partial charge in [-0.25, -0.2) is 0 Å². The highest BCUT2D eigenvalue weighted by atomic mass is 13.7. The van der Waals surface area contributed by atoms with E-state index in [-0.39, 0.29) is 0 Å². The molecule has 0 aliphatic heterocycles. The number of unbranched alkanes of at least 4 members (excludes halogenated alkanes) is 5. The lowest BCUT2D eigenvalue weighted by molar-refractivity contribution is 0.772.